The summed E-state index contributed by atoms with van der Waals surface area (Å²) in [5.74, 6) is 0.137. The van der Waals surface area contributed by atoms with Gasteiger partial charge in [-0.25, -0.2) is 9.37 Å². The lowest BCUT2D eigenvalue weighted by atomic mass is 9.98. The molecule has 1 heterocycles. The Morgan fingerprint density at radius 2 is 2.04 bits per heavy atom. The molecule has 0 bridgehead atoms. The summed E-state index contributed by atoms with van der Waals surface area (Å²) in [7, 11) is 0. The first kappa shape index (κ1) is 19.2. The fourth-order valence-corrected chi connectivity index (χ4v) is 3.64. The zero-order valence-electron chi connectivity index (χ0n) is 15.6. The largest absolute Gasteiger partial charge is 0.325 e. The normalized spacial score (nSPS) is 11.0. The second-order valence-electron chi connectivity index (χ2n) is 6.59. The summed E-state index contributed by atoms with van der Waals surface area (Å²) in [6, 6.07) is 12.3. The van der Waals surface area contributed by atoms with Crippen LogP contribution in [0.25, 0.3) is 5.69 Å². The van der Waals surface area contributed by atoms with Crippen LogP contribution in [0.15, 0.2) is 60.0 Å². The Balaban J connectivity index is 1.71. The van der Waals surface area contributed by atoms with Crippen LogP contribution in [0.4, 0.5) is 10.1 Å². The zero-order valence-corrected chi connectivity index (χ0v) is 16.4. The monoisotopic (exact) mass is 383 g/mol. The average Bonchev–Trinajstić information content (AvgIpc) is 3.10. The highest BCUT2D eigenvalue weighted by Gasteiger charge is 2.14. The molecule has 0 atom stereocenters. The van der Waals surface area contributed by atoms with Crippen LogP contribution in [0, 0.1) is 12.7 Å². The van der Waals surface area contributed by atoms with Crippen LogP contribution >= 0.6 is 11.8 Å². The molecule has 140 valence electrons. The van der Waals surface area contributed by atoms with Crippen LogP contribution in [-0.2, 0) is 4.79 Å². The molecule has 0 fully saturated rings. The summed E-state index contributed by atoms with van der Waals surface area (Å²) < 4.78 is 15.3. The molecular formula is C21H22FN3OS. The van der Waals surface area contributed by atoms with E-state index in [2.05, 4.69) is 24.1 Å². The number of hydrogen-bond acceptors (Lipinski definition) is 3. The van der Waals surface area contributed by atoms with E-state index in [9.17, 15) is 9.18 Å². The van der Waals surface area contributed by atoms with Gasteiger partial charge in [0, 0.05) is 18.1 Å². The minimum absolute atomic E-state index is 0.0926. The van der Waals surface area contributed by atoms with Crippen molar-refractivity contribution in [3.63, 3.8) is 0 Å². The molecule has 1 N–H and O–H groups in total. The minimum atomic E-state index is -0.310. The summed E-state index contributed by atoms with van der Waals surface area (Å²) in [5.41, 5.74) is 3.72. The number of imidazole rings is 1. The highest BCUT2D eigenvalue weighted by molar-refractivity contribution is 7.99. The quantitative estimate of drug-likeness (QED) is 0.597. The van der Waals surface area contributed by atoms with Crippen molar-refractivity contribution in [2.45, 2.75) is 31.8 Å². The Bertz CT molecular complexity index is 952. The van der Waals surface area contributed by atoms with Gasteiger partial charge in [0.15, 0.2) is 5.16 Å². The smallest absolute Gasteiger partial charge is 0.234 e. The molecule has 1 amide bonds. The molecule has 0 unspecified atom stereocenters. The number of nitrogens with zero attached hydrogens (tertiary/aromatic N) is 2. The van der Waals surface area contributed by atoms with E-state index >= 15 is 0 Å². The van der Waals surface area contributed by atoms with Gasteiger partial charge in [-0.1, -0.05) is 49.9 Å². The first-order valence-electron chi connectivity index (χ1n) is 8.77. The van der Waals surface area contributed by atoms with E-state index in [1.165, 1.54) is 23.9 Å². The summed E-state index contributed by atoms with van der Waals surface area (Å²) in [5, 5.41) is 3.68. The van der Waals surface area contributed by atoms with E-state index in [0.717, 1.165) is 16.8 Å². The summed E-state index contributed by atoms with van der Waals surface area (Å²) in [6.07, 6.45) is 3.40. The molecule has 0 radical (unpaired) electrons. The third-order valence-corrected chi connectivity index (χ3v) is 5.18. The van der Waals surface area contributed by atoms with Gasteiger partial charge >= 0.3 is 0 Å². The van der Waals surface area contributed by atoms with Gasteiger partial charge in [0.05, 0.1) is 11.4 Å². The van der Waals surface area contributed by atoms with Gasteiger partial charge in [0.25, 0.3) is 0 Å². The molecule has 4 nitrogen and oxygen atoms in total. The first-order valence-corrected chi connectivity index (χ1v) is 9.75. The second-order valence-corrected chi connectivity index (χ2v) is 7.53. The number of hydrogen-bond donors (Lipinski definition) is 1. The average molecular weight is 383 g/mol. The maximum absolute atomic E-state index is 13.5. The molecule has 6 heteroatoms. The predicted octanol–water partition coefficient (Wildman–Crippen LogP) is 5.17. The van der Waals surface area contributed by atoms with Crippen LogP contribution < -0.4 is 5.32 Å². The lowest BCUT2D eigenvalue weighted by molar-refractivity contribution is -0.113. The molecule has 0 saturated heterocycles. The first-order chi connectivity index (χ1) is 13.0. The molecule has 3 rings (SSSR count). The summed E-state index contributed by atoms with van der Waals surface area (Å²) in [4.78, 5) is 16.8. The SMILES string of the molecule is Cc1cccc(C(C)C)c1NC(=O)CSc1nccn1-c1cccc(F)c1. The van der Waals surface area contributed by atoms with Crippen LogP contribution in [0.2, 0.25) is 0 Å². The molecule has 0 aliphatic heterocycles. The van der Waals surface area contributed by atoms with Crippen LogP contribution in [-0.4, -0.2) is 21.2 Å². The predicted molar refractivity (Wildman–Crippen MR) is 108 cm³/mol. The molecule has 0 aliphatic rings. The number of carbonyl (C=O) groups is 1. The molecule has 3 aromatic rings. The topological polar surface area (TPSA) is 46.9 Å². The highest BCUT2D eigenvalue weighted by atomic mass is 32.2. The minimum Gasteiger partial charge on any atom is -0.325 e. The number of halogens is 1. The number of aryl methyl sites for hydroxylation is 1. The number of anilines is 1. The van der Waals surface area contributed by atoms with Gasteiger partial charge in [-0.2, -0.15) is 0 Å². The van der Waals surface area contributed by atoms with Crippen molar-refractivity contribution < 1.29 is 9.18 Å². The number of amides is 1. The molecule has 2 aromatic carbocycles. The van der Waals surface area contributed by atoms with Gasteiger partial charge in [0.2, 0.25) is 5.91 Å². The molecule has 0 aliphatic carbocycles. The number of nitrogens with one attached hydrogen (secondary N) is 1. The van der Waals surface area contributed by atoms with Gasteiger partial charge < -0.3 is 5.32 Å². The Hall–Kier alpha value is -2.60. The molecule has 0 saturated carbocycles. The summed E-state index contributed by atoms with van der Waals surface area (Å²) >= 11 is 1.32. The molecular weight excluding hydrogens is 361 g/mol. The van der Waals surface area contributed by atoms with E-state index in [-0.39, 0.29) is 17.5 Å². The number of benzene rings is 2. The Kier molecular flexibility index (Phi) is 5.96. The molecule has 0 spiro atoms. The number of rotatable bonds is 6. The van der Waals surface area contributed by atoms with E-state index in [0.29, 0.717) is 16.8 Å². The maximum Gasteiger partial charge on any atom is 0.234 e. The second kappa shape index (κ2) is 8.39. The standard InChI is InChI=1S/C21H22FN3OS/c1-14(2)18-9-4-6-15(3)20(18)24-19(26)13-27-21-23-10-11-25(21)17-8-5-7-16(22)12-17/h4-12,14H,13H2,1-3H3,(H,24,26). The van der Waals surface area contributed by atoms with E-state index < -0.39 is 0 Å². The Labute approximate surface area is 162 Å². The number of para-hydroxylation sites is 1. The maximum atomic E-state index is 13.5. The lowest BCUT2D eigenvalue weighted by Crippen LogP contribution is -2.17. The van der Waals surface area contributed by atoms with E-state index in [1.54, 1.807) is 29.1 Å². The van der Waals surface area contributed by atoms with Crippen molar-refractivity contribution in [3.05, 3.63) is 71.8 Å². The highest BCUT2D eigenvalue weighted by Crippen LogP contribution is 2.28. The Morgan fingerprint density at radius 1 is 1.26 bits per heavy atom. The molecule has 1 aromatic heterocycles. The van der Waals surface area contributed by atoms with Gasteiger partial charge in [0.1, 0.15) is 5.82 Å². The number of aromatic nitrogens is 2. The summed E-state index contributed by atoms with van der Waals surface area (Å²) in [6.45, 7) is 6.20. The van der Waals surface area contributed by atoms with Crippen LogP contribution in [0.1, 0.15) is 30.9 Å². The van der Waals surface area contributed by atoms with Gasteiger partial charge in [-0.3, -0.25) is 9.36 Å². The zero-order chi connectivity index (χ0) is 19.4. The van der Waals surface area contributed by atoms with E-state index in [1.807, 2.05) is 25.1 Å². The van der Waals surface area contributed by atoms with Crippen molar-refractivity contribution in [2.24, 2.45) is 0 Å². The Morgan fingerprint density at radius 3 is 2.78 bits per heavy atom. The van der Waals surface area contributed by atoms with Crippen molar-refractivity contribution in [1.29, 1.82) is 0 Å². The fourth-order valence-electron chi connectivity index (χ4n) is 2.87. The van der Waals surface area contributed by atoms with Crippen molar-refractivity contribution in [2.75, 3.05) is 11.1 Å². The lowest BCUT2D eigenvalue weighted by Gasteiger charge is -2.16. The van der Waals surface area contributed by atoms with Crippen molar-refractivity contribution in [1.82, 2.24) is 9.55 Å². The van der Waals surface area contributed by atoms with Crippen molar-refractivity contribution >= 4 is 23.4 Å². The molecule has 27 heavy (non-hydrogen) atoms. The van der Waals surface area contributed by atoms with E-state index in [4.69, 9.17) is 0 Å². The third-order valence-electron chi connectivity index (χ3n) is 4.22. The van der Waals surface area contributed by atoms with Gasteiger partial charge in [-0.05, 0) is 42.2 Å². The number of carbonyl (C=O) groups excluding carboxylic acids is 1. The third kappa shape index (κ3) is 4.57. The van der Waals surface area contributed by atoms with Crippen LogP contribution in [0.5, 0.6) is 0 Å². The fraction of sp³-hybridized carbons (Fsp3) is 0.238. The number of thioether (sulfide) groups is 1. The van der Waals surface area contributed by atoms with Crippen molar-refractivity contribution in [3.8, 4) is 5.69 Å². The van der Waals surface area contributed by atoms with Crippen LogP contribution in [0.3, 0.4) is 0 Å². The van der Waals surface area contributed by atoms with Gasteiger partial charge in [-0.15, -0.1) is 0 Å².